The summed E-state index contributed by atoms with van der Waals surface area (Å²) in [5.41, 5.74) is 3.61. The average molecular weight is 331 g/mol. The van der Waals surface area contributed by atoms with Gasteiger partial charge in [-0.3, -0.25) is 9.98 Å². The van der Waals surface area contributed by atoms with Gasteiger partial charge in [0, 0.05) is 44.6 Å². The molecule has 23 heavy (non-hydrogen) atoms. The van der Waals surface area contributed by atoms with Crippen molar-refractivity contribution in [1.82, 2.24) is 15.2 Å². The second kappa shape index (κ2) is 8.53. The Morgan fingerprint density at radius 2 is 2.04 bits per heavy atom. The van der Waals surface area contributed by atoms with E-state index in [1.165, 1.54) is 11.1 Å². The molecule has 1 N–H and O–H groups in total. The number of benzene rings is 1. The van der Waals surface area contributed by atoms with E-state index in [9.17, 15) is 0 Å². The number of nitrogens with one attached hydrogen (secondary N) is 1. The van der Waals surface area contributed by atoms with Crippen LogP contribution in [0.25, 0.3) is 0 Å². The van der Waals surface area contributed by atoms with Gasteiger partial charge in [-0.1, -0.05) is 29.8 Å². The monoisotopic (exact) mass is 330 g/mol. The number of pyridine rings is 1. The first-order chi connectivity index (χ1) is 11.1. The molecule has 0 fully saturated rings. The van der Waals surface area contributed by atoms with Crippen molar-refractivity contribution >= 4 is 17.6 Å². The van der Waals surface area contributed by atoms with Crippen LogP contribution in [0.4, 0.5) is 0 Å². The zero-order valence-corrected chi connectivity index (χ0v) is 14.6. The zero-order valence-electron chi connectivity index (χ0n) is 13.9. The molecule has 5 heteroatoms. The van der Waals surface area contributed by atoms with Gasteiger partial charge in [0.2, 0.25) is 0 Å². The molecule has 0 aliphatic carbocycles. The van der Waals surface area contributed by atoms with Crippen molar-refractivity contribution in [3.63, 3.8) is 0 Å². The number of halogens is 1. The first kappa shape index (κ1) is 17.3. The van der Waals surface area contributed by atoms with Crippen LogP contribution in [0, 0.1) is 6.92 Å². The van der Waals surface area contributed by atoms with Crippen LogP contribution >= 0.6 is 11.6 Å². The minimum atomic E-state index is 0.716. The molecule has 0 saturated carbocycles. The molecule has 0 atom stereocenters. The van der Waals surface area contributed by atoms with Gasteiger partial charge in [-0.15, -0.1) is 0 Å². The third kappa shape index (κ3) is 4.96. The summed E-state index contributed by atoms with van der Waals surface area (Å²) < 4.78 is 0. The fraction of sp³-hybridized carbons (Fsp3) is 0.333. The molecule has 1 aromatic heterocycles. The van der Waals surface area contributed by atoms with Gasteiger partial charge in [0.25, 0.3) is 0 Å². The van der Waals surface area contributed by atoms with E-state index in [1.54, 1.807) is 7.05 Å². The van der Waals surface area contributed by atoms with Gasteiger partial charge >= 0.3 is 0 Å². The Balaban J connectivity index is 1.90. The van der Waals surface area contributed by atoms with Crippen molar-refractivity contribution in [2.24, 2.45) is 4.99 Å². The van der Waals surface area contributed by atoms with E-state index in [0.29, 0.717) is 6.54 Å². The molecule has 1 aromatic carbocycles. The number of aromatic nitrogens is 1. The number of aryl methyl sites for hydroxylation is 1. The van der Waals surface area contributed by atoms with E-state index in [1.807, 2.05) is 43.7 Å². The summed E-state index contributed by atoms with van der Waals surface area (Å²) in [6.07, 6.45) is 4.67. The van der Waals surface area contributed by atoms with E-state index < -0.39 is 0 Å². The van der Waals surface area contributed by atoms with Gasteiger partial charge in [-0.25, -0.2) is 0 Å². The zero-order chi connectivity index (χ0) is 16.7. The summed E-state index contributed by atoms with van der Waals surface area (Å²) in [5, 5.41) is 4.18. The smallest absolute Gasteiger partial charge is 0.193 e. The van der Waals surface area contributed by atoms with Crippen LogP contribution in [0.2, 0.25) is 5.02 Å². The quantitative estimate of drug-likeness (QED) is 0.675. The molecular weight excluding hydrogens is 308 g/mol. The van der Waals surface area contributed by atoms with Crippen molar-refractivity contribution in [2.45, 2.75) is 19.9 Å². The molecule has 0 spiro atoms. The van der Waals surface area contributed by atoms with E-state index >= 15 is 0 Å². The van der Waals surface area contributed by atoms with Gasteiger partial charge < -0.3 is 10.2 Å². The lowest BCUT2D eigenvalue weighted by Crippen LogP contribution is -2.39. The van der Waals surface area contributed by atoms with Crippen molar-refractivity contribution in [3.05, 3.63) is 64.4 Å². The second-order valence-electron chi connectivity index (χ2n) is 5.47. The topological polar surface area (TPSA) is 40.5 Å². The van der Waals surface area contributed by atoms with Crippen LogP contribution < -0.4 is 5.32 Å². The Bertz CT molecular complexity index is 670. The molecular formula is C18H23ClN4. The lowest BCUT2D eigenvalue weighted by molar-refractivity contribution is 0.477. The predicted molar refractivity (Wildman–Crippen MR) is 97.0 cm³/mol. The van der Waals surface area contributed by atoms with E-state index in [2.05, 4.69) is 33.2 Å². The third-order valence-corrected chi connectivity index (χ3v) is 4.12. The number of rotatable bonds is 5. The molecule has 0 radical (unpaired) electrons. The normalized spacial score (nSPS) is 11.4. The Kier molecular flexibility index (Phi) is 6.41. The maximum absolute atomic E-state index is 6.23. The largest absolute Gasteiger partial charge is 0.356 e. The first-order valence-corrected chi connectivity index (χ1v) is 8.04. The van der Waals surface area contributed by atoms with Crippen molar-refractivity contribution in [2.75, 3.05) is 20.6 Å². The van der Waals surface area contributed by atoms with Gasteiger partial charge in [0.15, 0.2) is 5.96 Å². The summed E-state index contributed by atoms with van der Waals surface area (Å²) >= 11 is 6.23. The molecule has 0 aliphatic rings. The Hall–Kier alpha value is -2.07. The minimum absolute atomic E-state index is 0.716. The third-order valence-electron chi connectivity index (χ3n) is 3.75. The first-order valence-electron chi connectivity index (χ1n) is 7.66. The van der Waals surface area contributed by atoms with Gasteiger partial charge in [-0.05, 0) is 42.2 Å². The minimum Gasteiger partial charge on any atom is -0.356 e. The molecule has 0 aliphatic heterocycles. The fourth-order valence-electron chi connectivity index (χ4n) is 2.43. The van der Waals surface area contributed by atoms with Crippen molar-refractivity contribution in [3.8, 4) is 0 Å². The maximum Gasteiger partial charge on any atom is 0.193 e. The highest BCUT2D eigenvalue weighted by Crippen LogP contribution is 2.16. The predicted octanol–water partition coefficient (Wildman–Crippen LogP) is 3.29. The van der Waals surface area contributed by atoms with Crippen LogP contribution in [0.15, 0.2) is 47.7 Å². The van der Waals surface area contributed by atoms with Crippen molar-refractivity contribution in [1.29, 1.82) is 0 Å². The molecule has 2 rings (SSSR count). The molecule has 0 bridgehead atoms. The number of guanidine groups is 1. The van der Waals surface area contributed by atoms with Gasteiger partial charge in [-0.2, -0.15) is 0 Å². The maximum atomic E-state index is 6.23. The molecule has 0 saturated heterocycles. The summed E-state index contributed by atoms with van der Waals surface area (Å²) in [4.78, 5) is 10.5. The highest BCUT2D eigenvalue weighted by atomic mass is 35.5. The number of hydrogen-bond donors (Lipinski definition) is 1. The molecule has 4 nitrogen and oxygen atoms in total. The summed E-state index contributed by atoms with van der Waals surface area (Å²) in [6.45, 7) is 3.62. The molecule has 1 heterocycles. The SMILES string of the molecule is CN=C(NCCc1ccncc1C)N(C)Cc1ccccc1Cl. The summed E-state index contributed by atoms with van der Waals surface area (Å²) in [6, 6.07) is 9.94. The summed E-state index contributed by atoms with van der Waals surface area (Å²) in [7, 11) is 3.81. The molecule has 0 amide bonds. The van der Waals surface area contributed by atoms with Crippen molar-refractivity contribution < 1.29 is 0 Å². The fourth-order valence-corrected chi connectivity index (χ4v) is 2.63. The highest BCUT2D eigenvalue weighted by molar-refractivity contribution is 6.31. The van der Waals surface area contributed by atoms with Gasteiger partial charge in [0.1, 0.15) is 0 Å². The van der Waals surface area contributed by atoms with Crippen LogP contribution in [-0.4, -0.2) is 36.5 Å². The van der Waals surface area contributed by atoms with E-state index in [-0.39, 0.29) is 0 Å². The molecule has 122 valence electrons. The molecule has 0 unspecified atom stereocenters. The highest BCUT2D eigenvalue weighted by Gasteiger charge is 2.08. The van der Waals surface area contributed by atoms with E-state index in [4.69, 9.17) is 11.6 Å². The standard InChI is InChI=1S/C18H23ClN4/c1-14-12-21-10-8-15(14)9-11-22-18(20-2)23(3)13-16-6-4-5-7-17(16)19/h4-8,10,12H,9,11,13H2,1-3H3,(H,20,22). The lowest BCUT2D eigenvalue weighted by atomic mass is 10.1. The molecule has 2 aromatic rings. The van der Waals surface area contributed by atoms with Crippen LogP contribution in [0.5, 0.6) is 0 Å². The summed E-state index contributed by atoms with van der Waals surface area (Å²) in [5.74, 6) is 0.858. The lowest BCUT2D eigenvalue weighted by Gasteiger charge is -2.22. The van der Waals surface area contributed by atoms with Crippen LogP contribution in [0.3, 0.4) is 0 Å². The van der Waals surface area contributed by atoms with Crippen LogP contribution in [-0.2, 0) is 13.0 Å². The number of nitrogens with zero attached hydrogens (tertiary/aromatic N) is 3. The Morgan fingerprint density at radius 1 is 1.26 bits per heavy atom. The van der Waals surface area contributed by atoms with E-state index in [0.717, 1.165) is 29.5 Å². The Labute approximate surface area is 143 Å². The second-order valence-corrected chi connectivity index (χ2v) is 5.88. The van der Waals surface area contributed by atoms with Crippen LogP contribution in [0.1, 0.15) is 16.7 Å². The average Bonchev–Trinajstić information content (AvgIpc) is 2.55. The number of aliphatic imine (C=N–C) groups is 1. The number of hydrogen-bond acceptors (Lipinski definition) is 2. The van der Waals surface area contributed by atoms with Gasteiger partial charge in [0.05, 0.1) is 0 Å². The Morgan fingerprint density at radius 3 is 2.74 bits per heavy atom.